The molecule has 3 rings (SSSR count). The van der Waals surface area contributed by atoms with Gasteiger partial charge in [0.05, 0.1) is 13.0 Å². The molecule has 0 radical (unpaired) electrons. The van der Waals surface area contributed by atoms with Crippen LogP contribution in [-0.2, 0) is 11.2 Å². The van der Waals surface area contributed by atoms with Crippen LogP contribution in [-0.4, -0.2) is 18.2 Å². The monoisotopic (exact) mass is 348 g/mol. The first-order valence-electron chi connectivity index (χ1n) is 8.34. The Morgan fingerprint density at radius 1 is 0.846 bits per heavy atom. The summed E-state index contributed by atoms with van der Waals surface area (Å²) in [6.07, 6.45) is 0.410. The molecular formula is C22H20O4. The van der Waals surface area contributed by atoms with E-state index in [0.717, 1.165) is 22.6 Å². The van der Waals surface area contributed by atoms with Crippen LogP contribution in [0.5, 0.6) is 17.2 Å². The zero-order valence-corrected chi connectivity index (χ0v) is 14.5. The molecule has 0 spiro atoms. The molecule has 3 aromatic carbocycles. The van der Waals surface area contributed by atoms with Gasteiger partial charge in [-0.25, -0.2) is 0 Å². The van der Waals surface area contributed by atoms with Crippen molar-refractivity contribution in [1.82, 2.24) is 0 Å². The number of hydrogen-bond acceptors (Lipinski definition) is 3. The molecule has 1 unspecified atom stereocenters. The molecule has 0 heterocycles. The maximum Gasteiger partial charge on any atom is 0.311 e. The third kappa shape index (κ3) is 4.42. The number of benzene rings is 3. The molecule has 3 aromatic rings. The lowest BCUT2D eigenvalue weighted by atomic mass is 9.92. The number of ether oxygens (including phenoxy) is 2. The highest BCUT2D eigenvalue weighted by Gasteiger charge is 2.20. The second-order valence-electron chi connectivity index (χ2n) is 5.93. The van der Waals surface area contributed by atoms with E-state index in [2.05, 4.69) is 0 Å². The van der Waals surface area contributed by atoms with Gasteiger partial charge < -0.3 is 14.6 Å². The number of carboxylic acids is 1. The van der Waals surface area contributed by atoms with Crippen molar-refractivity contribution in [2.24, 2.45) is 0 Å². The summed E-state index contributed by atoms with van der Waals surface area (Å²) in [6, 6.07) is 24.2. The minimum atomic E-state index is -0.847. The zero-order valence-electron chi connectivity index (χ0n) is 14.5. The summed E-state index contributed by atoms with van der Waals surface area (Å²) in [7, 11) is 1.59. The molecule has 26 heavy (non-hydrogen) atoms. The maximum absolute atomic E-state index is 11.7. The van der Waals surface area contributed by atoms with Crippen LogP contribution in [0.4, 0.5) is 0 Å². The Labute approximate surface area is 152 Å². The van der Waals surface area contributed by atoms with Crippen molar-refractivity contribution < 1.29 is 19.4 Å². The Balaban J connectivity index is 1.71. The summed E-state index contributed by atoms with van der Waals surface area (Å²) in [6.45, 7) is 0. The van der Waals surface area contributed by atoms with Crippen molar-refractivity contribution in [3.05, 3.63) is 90.0 Å². The fraction of sp³-hybridized carbons (Fsp3) is 0.136. The summed E-state index contributed by atoms with van der Waals surface area (Å²) in [5.41, 5.74) is 1.69. The molecule has 0 bridgehead atoms. The van der Waals surface area contributed by atoms with Crippen molar-refractivity contribution in [2.75, 3.05) is 7.11 Å². The first-order chi connectivity index (χ1) is 12.7. The smallest absolute Gasteiger partial charge is 0.311 e. The summed E-state index contributed by atoms with van der Waals surface area (Å²) >= 11 is 0. The highest BCUT2D eigenvalue weighted by molar-refractivity contribution is 5.76. The lowest BCUT2D eigenvalue weighted by Crippen LogP contribution is -2.14. The molecule has 0 saturated heterocycles. The van der Waals surface area contributed by atoms with E-state index in [-0.39, 0.29) is 0 Å². The van der Waals surface area contributed by atoms with Gasteiger partial charge in [-0.05, 0) is 53.9 Å². The van der Waals surface area contributed by atoms with Crippen molar-refractivity contribution in [3.8, 4) is 17.2 Å². The van der Waals surface area contributed by atoms with Crippen LogP contribution in [0.15, 0.2) is 78.9 Å². The van der Waals surface area contributed by atoms with Crippen molar-refractivity contribution in [2.45, 2.75) is 12.3 Å². The molecule has 0 aliphatic rings. The predicted molar refractivity (Wildman–Crippen MR) is 100 cm³/mol. The molecule has 0 aromatic heterocycles. The minimum Gasteiger partial charge on any atom is -0.497 e. The zero-order chi connectivity index (χ0) is 18.4. The molecule has 0 fully saturated rings. The largest absolute Gasteiger partial charge is 0.497 e. The van der Waals surface area contributed by atoms with Crippen molar-refractivity contribution in [1.29, 1.82) is 0 Å². The SMILES string of the molecule is COc1ccc(C(Cc2ccc(Oc3ccccc3)cc2)C(=O)O)cc1. The van der Waals surface area contributed by atoms with E-state index in [1.807, 2.05) is 54.6 Å². The van der Waals surface area contributed by atoms with Gasteiger partial charge in [0.1, 0.15) is 17.2 Å². The molecular weight excluding hydrogens is 328 g/mol. The van der Waals surface area contributed by atoms with Gasteiger partial charge in [0, 0.05) is 0 Å². The van der Waals surface area contributed by atoms with Crippen LogP contribution in [0.3, 0.4) is 0 Å². The lowest BCUT2D eigenvalue weighted by molar-refractivity contribution is -0.138. The summed E-state index contributed by atoms with van der Waals surface area (Å²) in [5.74, 6) is 0.736. The average Bonchev–Trinajstić information content (AvgIpc) is 2.68. The van der Waals surface area contributed by atoms with Gasteiger partial charge in [-0.2, -0.15) is 0 Å². The normalized spacial score (nSPS) is 11.6. The van der Waals surface area contributed by atoms with E-state index < -0.39 is 11.9 Å². The molecule has 132 valence electrons. The minimum absolute atomic E-state index is 0.410. The Hall–Kier alpha value is -3.27. The molecule has 0 aliphatic heterocycles. The Morgan fingerprint density at radius 3 is 2.00 bits per heavy atom. The summed E-state index contributed by atoms with van der Waals surface area (Å²) < 4.78 is 10.9. The highest BCUT2D eigenvalue weighted by atomic mass is 16.5. The van der Waals surface area contributed by atoms with Gasteiger partial charge in [0.25, 0.3) is 0 Å². The van der Waals surface area contributed by atoms with Gasteiger partial charge in [-0.1, -0.05) is 42.5 Å². The second kappa shape index (κ2) is 8.21. The van der Waals surface area contributed by atoms with E-state index in [1.165, 1.54) is 0 Å². The predicted octanol–water partition coefficient (Wildman–Crippen LogP) is 4.90. The Bertz CT molecular complexity index is 840. The fourth-order valence-corrected chi connectivity index (χ4v) is 2.74. The van der Waals surface area contributed by atoms with Crippen molar-refractivity contribution >= 4 is 5.97 Å². The number of hydrogen-bond donors (Lipinski definition) is 1. The first kappa shape index (κ1) is 17.5. The van der Waals surface area contributed by atoms with Gasteiger partial charge in [0.15, 0.2) is 0 Å². The average molecular weight is 348 g/mol. The van der Waals surface area contributed by atoms with E-state index in [0.29, 0.717) is 12.2 Å². The number of para-hydroxylation sites is 1. The van der Waals surface area contributed by atoms with Crippen LogP contribution in [0.1, 0.15) is 17.0 Å². The Kier molecular flexibility index (Phi) is 5.54. The van der Waals surface area contributed by atoms with Crippen LogP contribution >= 0.6 is 0 Å². The first-order valence-corrected chi connectivity index (χ1v) is 8.34. The van der Waals surface area contributed by atoms with Crippen LogP contribution in [0.25, 0.3) is 0 Å². The third-order valence-electron chi connectivity index (χ3n) is 4.16. The molecule has 0 aliphatic carbocycles. The molecule has 1 N–H and O–H groups in total. The molecule has 4 nitrogen and oxygen atoms in total. The maximum atomic E-state index is 11.7. The number of rotatable bonds is 7. The number of carboxylic acid groups (broad SMARTS) is 1. The molecule has 0 saturated carbocycles. The standard InChI is InChI=1S/C22H20O4/c1-25-18-13-9-17(10-14-18)21(22(23)24)15-16-7-11-20(12-8-16)26-19-5-3-2-4-6-19/h2-14,21H,15H2,1H3,(H,23,24). The van der Waals surface area contributed by atoms with Crippen LogP contribution < -0.4 is 9.47 Å². The summed E-state index contributed by atoms with van der Waals surface area (Å²) in [5, 5.41) is 9.61. The van der Waals surface area contributed by atoms with Gasteiger partial charge >= 0.3 is 5.97 Å². The molecule has 0 amide bonds. The quantitative estimate of drug-likeness (QED) is 0.660. The molecule has 4 heteroatoms. The van der Waals surface area contributed by atoms with Crippen LogP contribution in [0.2, 0.25) is 0 Å². The van der Waals surface area contributed by atoms with Gasteiger partial charge in [-0.3, -0.25) is 4.79 Å². The number of methoxy groups -OCH3 is 1. The van der Waals surface area contributed by atoms with Crippen molar-refractivity contribution in [3.63, 3.8) is 0 Å². The lowest BCUT2D eigenvalue weighted by Gasteiger charge is -2.14. The highest BCUT2D eigenvalue weighted by Crippen LogP contribution is 2.26. The van der Waals surface area contributed by atoms with E-state index in [9.17, 15) is 9.90 Å². The molecule has 1 atom stereocenters. The third-order valence-corrected chi connectivity index (χ3v) is 4.16. The van der Waals surface area contributed by atoms with E-state index in [4.69, 9.17) is 9.47 Å². The van der Waals surface area contributed by atoms with E-state index in [1.54, 1.807) is 31.4 Å². The Morgan fingerprint density at radius 2 is 1.42 bits per heavy atom. The topological polar surface area (TPSA) is 55.8 Å². The second-order valence-corrected chi connectivity index (χ2v) is 5.93. The number of aliphatic carboxylic acids is 1. The summed E-state index contributed by atoms with van der Waals surface area (Å²) in [4.78, 5) is 11.7. The van der Waals surface area contributed by atoms with Crippen LogP contribution in [0, 0.1) is 0 Å². The van der Waals surface area contributed by atoms with E-state index >= 15 is 0 Å². The van der Waals surface area contributed by atoms with Gasteiger partial charge in [0.2, 0.25) is 0 Å². The fourth-order valence-electron chi connectivity index (χ4n) is 2.74. The van der Waals surface area contributed by atoms with Gasteiger partial charge in [-0.15, -0.1) is 0 Å². The number of carbonyl (C=O) groups is 1.